The van der Waals surface area contributed by atoms with Gasteiger partial charge >= 0.3 is 0 Å². The van der Waals surface area contributed by atoms with Crippen LogP contribution in [0.25, 0.3) is 0 Å². The molecule has 2 N–H and O–H groups in total. The minimum absolute atomic E-state index is 0.114. The lowest BCUT2D eigenvalue weighted by Gasteiger charge is -2.41. The lowest BCUT2D eigenvalue weighted by molar-refractivity contribution is 0.0974. The number of rotatable bonds is 3. The fraction of sp³-hybridized carbons (Fsp3) is 0.647. The van der Waals surface area contributed by atoms with E-state index in [-0.39, 0.29) is 6.04 Å². The summed E-state index contributed by atoms with van der Waals surface area (Å²) in [6.07, 6.45) is 4.09. The molecule has 0 amide bonds. The van der Waals surface area contributed by atoms with Crippen molar-refractivity contribution in [2.75, 3.05) is 33.7 Å². The summed E-state index contributed by atoms with van der Waals surface area (Å²) in [4.78, 5) is 4.81. The minimum atomic E-state index is 0.114. The highest BCUT2D eigenvalue weighted by molar-refractivity contribution is 5.30. The third-order valence-electron chi connectivity index (χ3n) is 5.19. The smallest absolute Gasteiger partial charge is 0.0465 e. The van der Waals surface area contributed by atoms with Crippen molar-refractivity contribution in [3.8, 4) is 0 Å². The Bertz CT molecular complexity index is 455. The van der Waals surface area contributed by atoms with E-state index in [1.165, 1.54) is 30.4 Å². The average molecular weight is 273 g/mol. The van der Waals surface area contributed by atoms with Gasteiger partial charge in [-0.25, -0.2) is 0 Å². The molecule has 1 aliphatic carbocycles. The summed E-state index contributed by atoms with van der Waals surface area (Å²) in [5, 5.41) is 0. The van der Waals surface area contributed by atoms with E-state index in [0.29, 0.717) is 6.04 Å². The predicted octanol–water partition coefficient (Wildman–Crippen LogP) is 2.20. The van der Waals surface area contributed by atoms with Crippen LogP contribution in [0, 0.1) is 0 Å². The van der Waals surface area contributed by atoms with E-state index in [1.807, 2.05) is 0 Å². The summed E-state index contributed by atoms with van der Waals surface area (Å²) >= 11 is 0. The Morgan fingerprint density at radius 1 is 1.20 bits per heavy atom. The number of nitrogens with zero attached hydrogens (tertiary/aromatic N) is 2. The monoisotopic (exact) mass is 273 g/mol. The Kier molecular flexibility index (Phi) is 4.11. The van der Waals surface area contributed by atoms with E-state index in [2.05, 4.69) is 48.2 Å². The molecule has 1 aromatic rings. The molecule has 1 saturated carbocycles. The van der Waals surface area contributed by atoms with Gasteiger partial charge in [0, 0.05) is 31.7 Å². The predicted molar refractivity (Wildman–Crippen MR) is 83.9 cm³/mol. The summed E-state index contributed by atoms with van der Waals surface area (Å²) in [5.74, 6) is 0.786. The molecule has 3 rings (SSSR count). The van der Waals surface area contributed by atoms with E-state index in [4.69, 9.17) is 5.73 Å². The molecular weight excluding hydrogens is 246 g/mol. The van der Waals surface area contributed by atoms with Crippen LogP contribution in [0.15, 0.2) is 24.3 Å². The molecule has 20 heavy (non-hydrogen) atoms. The van der Waals surface area contributed by atoms with E-state index in [1.54, 1.807) is 0 Å². The molecule has 1 heterocycles. The van der Waals surface area contributed by atoms with Crippen molar-refractivity contribution >= 4 is 0 Å². The third-order valence-corrected chi connectivity index (χ3v) is 5.19. The van der Waals surface area contributed by atoms with E-state index < -0.39 is 0 Å². The van der Waals surface area contributed by atoms with Gasteiger partial charge in [-0.15, -0.1) is 0 Å². The van der Waals surface area contributed by atoms with Gasteiger partial charge in [0.25, 0.3) is 0 Å². The van der Waals surface area contributed by atoms with E-state index in [9.17, 15) is 0 Å². The number of benzene rings is 1. The first-order valence-corrected chi connectivity index (χ1v) is 7.89. The Labute approximate surface area is 122 Å². The second kappa shape index (κ2) is 5.84. The minimum Gasteiger partial charge on any atom is -0.323 e. The van der Waals surface area contributed by atoms with Crippen molar-refractivity contribution in [1.82, 2.24) is 9.80 Å². The molecule has 3 heteroatoms. The van der Waals surface area contributed by atoms with Crippen LogP contribution in [0.5, 0.6) is 0 Å². The van der Waals surface area contributed by atoms with Crippen LogP contribution in [0.3, 0.4) is 0 Å². The maximum atomic E-state index is 6.58. The standard InChI is InChI=1S/C17H27N3/c1-19-9-10-20(2)16(12-19)17(18)15-8-4-7-14(11-15)13-5-3-6-13/h4,7-8,11,13,16-17H,3,5-6,9-10,12,18H2,1-2H3. The van der Waals surface area contributed by atoms with Crippen LogP contribution < -0.4 is 5.73 Å². The van der Waals surface area contributed by atoms with Crippen LogP contribution in [0.2, 0.25) is 0 Å². The van der Waals surface area contributed by atoms with Crippen molar-refractivity contribution in [2.45, 2.75) is 37.3 Å². The highest BCUT2D eigenvalue weighted by Crippen LogP contribution is 2.37. The second-order valence-electron chi connectivity index (χ2n) is 6.63. The molecule has 0 bridgehead atoms. The Morgan fingerprint density at radius 3 is 2.70 bits per heavy atom. The fourth-order valence-electron chi connectivity index (χ4n) is 3.42. The Morgan fingerprint density at radius 2 is 2.00 bits per heavy atom. The molecule has 0 radical (unpaired) electrons. The lowest BCUT2D eigenvalue weighted by atomic mass is 9.79. The molecule has 1 aliphatic heterocycles. The van der Waals surface area contributed by atoms with Gasteiger partial charge in [-0.2, -0.15) is 0 Å². The molecule has 1 aromatic carbocycles. The van der Waals surface area contributed by atoms with Crippen molar-refractivity contribution in [3.05, 3.63) is 35.4 Å². The zero-order chi connectivity index (χ0) is 14.1. The van der Waals surface area contributed by atoms with Gasteiger partial charge in [0.1, 0.15) is 0 Å². The molecular formula is C17H27N3. The van der Waals surface area contributed by atoms with Gasteiger partial charge in [0.15, 0.2) is 0 Å². The summed E-state index contributed by atoms with van der Waals surface area (Å²) in [6.45, 7) is 3.31. The average Bonchev–Trinajstić information content (AvgIpc) is 2.39. The molecule has 110 valence electrons. The largest absolute Gasteiger partial charge is 0.323 e. The normalized spacial score (nSPS) is 27.2. The maximum Gasteiger partial charge on any atom is 0.0465 e. The van der Waals surface area contributed by atoms with E-state index in [0.717, 1.165) is 25.6 Å². The quantitative estimate of drug-likeness (QED) is 0.916. The van der Waals surface area contributed by atoms with Crippen molar-refractivity contribution in [1.29, 1.82) is 0 Å². The maximum absolute atomic E-state index is 6.58. The molecule has 3 nitrogen and oxygen atoms in total. The third kappa shape index (κ3) is 2.76. The Hall–Kier alpha value is -0.900. The zero-order valence-electron chi connectivity index (χ0n) is 12.8. The Balaban J connectivity index is 1.76. The fourth-order valence-corrected chi connectivity index (χ4v) is 3.42. The second-order valence-corrected chi connectivity index (χ2v) is 6.63. The molecule has 0 aromatic heterocycles. The van der Waals surface area contributed by atoms with Gasteiger partial charge in [-0.1, -0.05) is 30.7 Å². The first-order valence-electron chi connectivity index (χ1n) is 7.89. The number of hydrogen-bond donors (Lipinski definition) is 1. The number of nitrogens with two attached hydrogens (primary N) is 1. The number of hydrogen-bond acceptors (Lipinski definition) is 3. The van der Waals surface area contributed by atoms with Crippen LogP contribution in [0.1, 0.15) is 42.3 Å². The molecule has 2 atom stereocenters. The lowest BCUT2D eigenvalue weighted by Crippen LogP contribution is -2.54. The first kappa shape index (κ1) is 14.1. The number of likely N-dealkylation sites (N-methyl/N-ethyl adjacent to an activating group) is 2. The zero-order valence-corrected chi connectivity index (χ0v) is 12.8. The van der Waals surface area contributed by atoms with Gasteiger partial charge < -0.3 is 10.6 Å². The summed E-state index contributed by atoms with van der Waals surface area (Å²) in [5.41, 5.74) is 9.39. The topological polar surface area (TPSA) is 32.5 Å². The summed E-state index contributed by atoms with van der Waals surface area (Å²) < 4.78 is 0. The van der Waals surface area contributed by atoms with Crippen molar-refractivity contribution in [3.63, 3.8) is 0 Å². The van der Waals surface area contributed by atoms with Crippen LogP contribution >= 0.6 is 0 Å². The SMILES string of the molecule is CN1CCN(C)C(C(N)c2cccc(C3CCC3)c2)C1. The van der Waals surface area contributed by atoms with Crippen molar-refractivity contribution in [2.24, 2.45) is 5.73 Å². The summed E-state index contributed by atoms with van der Waals surface area (Å²) in [6, 6.07) is 9.56. The highest BCUT2D eigenvalue weighted by Gasteiger charge is 2.29. The van der Waals surface area contributed by atoms with Gasteiger partial charge in [0.2, 0.25) is 0 Å². The summed E-state index contributed by atoms with van der Waals surface area (Å²) in [7, 11) is 4.39. The molecule has 2 fully saturated rings. The van der Waals surface area contributed by atoms with Gasteiger partial charge in [-0.3, -0.25) is 4.90 Å². The van der Waals surface area contributed by atoms with Crippen LogP contribution in [-0.2, 0) is 0 Å². The van der Waals surface area contributed by atoms with E-state index >= 15 is 0 Å². The van der Waals surface area contributed by atoms with Crippen molar-refractivity contribution < 1.29 is 0 Å². The highest BCUT2D eigenvalue weighted by atomic mass is 15.3. The van der Waals surface area contributed by atoms with Gasteiger partial charge in [0.05, 0.1) is 0 Å². The first-order chi connectivity index (χ1) is 9.65. The molecule has 2 aliphatic rings. The van der Waals surface area contributed by atoms with Crippen LogP contribution in [0.4, 0.5) is 0 Å². The molecule has 2 unspecified atom stereocenters. The van der Waals surface area contributed by atoms with Crippen LogP contribution in [-0.4, -0.2) is 49.6 Å². The number of piperazine rings is 1. The molecule has 0 spiro atoms. The van der Waals surface area contributed by atoms with Gasteiger partial charge in [-0.05, 0) is 44.0 Å². The molecule has 1 saturated heterocycles.